The number of para-hydroxylation sites is 1. The van der Waals surface area contributed by atoms with E-state index in [2.05, 4.69) is 12.0 Å². The lowest BCUT2D eigenvalue weighted by molar-refractivity contribution is -0.317. The molecular weight excluding hydrogens is 303 g/mol. The van der Waals surface area contributed by atoms with Crippen molar-refractivity contribution >= 4 is 35.7 Å². The zero-order valence-electron chi connectivity index (χ0n) is 12.4. The third-order valence-electron chi connectivity index (χ3n) is 3.27. The van der Waals surface area contributed by atoms with Gasteiger partial charge in [-0.15, -0.1) is 0 Å². The van der Waals surface area contributed by atoms with Crippen molar-refractivity contribution in [3.63, 3.8) is 0 Å². The third-order valence-corrected chi connectivity index (χ3v) is 3.57. The van der Waals surface area contributed by atoms with Crippen molar-refractivity contribution in [3.8, 4) is 0 Å². The van der Waals surface area contributed by atoms with Crippen LogP contribution in [0.15, 0.2) is 42.5 Å². The number of amides is 2. The van der Waals surface area contributed by atoms with Gasteiger partial charge in [-0.05, 0) is 24.1 Å². The van der Waals surface area contributed by atoms with Crippen LogP contribution in [0, 0.1) is 5.82 Å². The Morgan fingerprint density at radius 3 is 2.59 bits per heavy atom. The Morgan fingerprint density at radius 2 is 1.95 bits per heavy atom. The summed E-state index contributed by atoms with van der Waals surface area (Å²) in [5.74, 6) is -0.334. The van der Waals surface area contributed by atoms with Gasteiger partial charge >= 0.3 is 6.03 Å². The number of benzene rings is 2. The smallest absolute Gasteiger partial charge is 0.205 e. The van der Waals surface area contributed by atoms with Crippen LogP contribution in [-0.2, 0) is 0 Å². The van der Waals surface area contributed by atoms with E-state index in [0.717, 1.165) is 5.56 Å². The Morgan fingerprint density at radius 1 is 1.27 bits per heavy atom. The van der Waals surface area contributed by atoms with Crippen LogP contribution in [0.5, 0.6) is 0 Å². The molecule has 3 nitrogen and oxygen atoms in total. The number of carbonyl (C=O) groups excluding carboxylic acids is 1. The minimum atomic E-state index is -0.586. The largest absolute Gasteiger partial charge is 0.500 e. The number of hydrogen-bond acceptors (Lipinski definition) is 1. The SMILES string of the molecule is C=[N+](C(=O)Nc1ccc(Cl)c(F)c1)c1ccccc1C(C)C. The van der Waals surface area contributed by atoms with E-state index in [4.69, 9.17) is 11.6 Å². The molecule has 22 heavy (non-hydrogen) atoms. The second-order valence-electron chi connectivity index (χ2n) is 5.20. The third kappa shape index (κ3) is 3.52. The molecule has 1 N–H and O–H groups in total. The van der Waals surface area contributed by atoms with Gasteiger partial charge in [-0.2, -0.15) is 9.37 Å². The predicted molar refractivity (Wildman–Crippen MR) is 88.0 cm³/mol. The minimum Gasteiger partial charge on any atom is -0.205 e. The quantitative estimate of drug-likeness (QED) is 0.613. The first-order valence-electron chi connectivity index (χ1n) is 6.85. The van der Waals surface area contributed by atoms with Gasteiger partial charge in [0, 0.05) is 11.6 Å². The molecule has 2 aromatic rings. The van der Waals surface area contributed by atoms with Crippen molar-refractivity contribution in [2.24, 2.45) is 0 Å². The highest BCUT2D eigenvalue weighted by atomic mass is 35.5. The molecule has 0 saturated carbocycles. The molecule has 5 heteroatoms. The first kappa shape index (κ1) is 16.2. The maximum Gasteiger partial charge on any atom is 0.500 e. The summed E-state index contributed by atoms with van der Waals surface area (Å²) in [6.07, 6.45) is 0. The summed E-state index contributed by atoms with van der Waals surface area (Å²) >= 11 is 5.62. The molecule has 0 atom stereocenters. The van der Waals surface area contributed by atoms with E-state index in [1.807, 2.05) is 38.1 Å². The van der Waals surface area contributed by atoms with Crippen LogP contribution in [0.25, 0.3) is 0 Å². The van der Waals surface area contributed by atoms with Gasteiger partial charge < -0.3 is 0 Å². The molecule has 2 amide bonds. The van der Waals surface area contributed by atoms with Gasteiger partial charge in [0.05, 0.1) is 11.7 Å². The molecule has 0 unspecified atom stereocenters. The lowest BCUT2D eigenvalue weighted by Crippen LogP contribution is -2.22. The Kier molecular flexibility index (Phi) is 4.93. The van der Waals surface area contributed by atoms with Crippen LogP contribution < -0.4 is 5.32 Å². The topological polar surface area (TPSA) is 32.1 Å². The molecular formula is C17H17ClFN2O+. The Hall–Kier alpha value is -2.20. The van der Waals surface area contributed by atoms with Crippen LogP contribution in [0.1, 0.15) is 25.3 Å². The van der Waals surface area contributed by atoms with Crippen molar-refractivity contribution in [3.05, 3.63) is 58.9 Å². The normalized spacial score (nSPS) is 10.6. The first-order chi connectivity index (χ1) is 10.4. The van der Waals surface area contributed by atoms with Crippen LogP contribution in [0.4, 0.5) is 20.6 Å². The summed E-state index contributed by atoms with van der Waals surface area (Å²) in [6, 6.07) is 11.2. The zero-order chi connectivity index (χ0) is 16.3. The maximum atomic E-state index is 13.4. The maximum absolute atomic E-state index is 13.4. The van der Waals surface area contributed by atoms with E-state index in [9.17, 15) is 9.18 Å². The molecule has 0 aliphatic rings. The summed E-state index contributed by atoms with van der Waals surface area (Å²) < 4.78 is 14.7. The molecule has 0 aliphatic heterocycles. The van der Waals surface area contributed by atoms with Crippen LogP contribution in [0.3, 0.4) is 0 Å². The highest BCUT2D eigenvalue weighted by molar-refractivity contribution is 6.30. The zero-order valence-corrected chi connectivity index (χ0v) is 13.2. The number of rotatable bonds is 3. The van der Waals surface area contributed by atoms with E-state index in [1.54, 1.807) is 0 Å². The molecule has 114 valence electrons. The fourth-order valence-corrected chi connectivity index (χ4v) is 2.21. The van der Waals surface area contributed by atoms with Crippen LogP contribution in [0.2, 0.25) is 5.02 Å². The fraction of sp³-hybridized carbons (Fsp3) is 0.176. The molecule has 0 spiro atoms. The van der Waals surface area contributed by atoms with Gasteiger partial charge in [0.2, 0.25) is 0 Å². The van der Waals surface area contributed by atoms with Gasteiger partial charge in [-0.3, -0.25) is 0 Å². The van der Waals surface area contributed by atoms with E-state index < -0.39 is 11.8 Å². The van der Waals surface area contributed by atoms with Crippen LogP contribution >= 0.6 is 11.6 Å². The van der Waals surface area contributed by atoms with Gasteiger partial charge in [0.1, 0.15) is 17.2 Å². The van der Waals surface area contributed by atoms with Crippen LogP contribution in [-0.4, -0.2) is 17.3 Å². The standard InChI is InChI=1S/C17H16ClFN2O/c1-11(2)13-6-4-5-7-16(13)21(3)17(22)20-12-8-9-14(18)15(19)10-12/h4-11H,3H2,1-2H3/p+1. The second-order valence-corrected chi connectivity index (χ2v) is 5.61. The first-order valence-corrected chi connectivity index (χ1v) is 7.23. The van der Waals surface area contributed by atoms with Gasteiger partial charge in [0.15, 0.2) is 0 Å². The lowest BCUT2D eigenvalue weighted by Gasteiger charge is -2.11. The number of hydrogen-bond donors (Lipinski definition) is 1. The average molecular weight is 320 g/mol. The Bertz CT molecular complexity index is 728. The summed E-state index contributed by atoms with van der Waals surface area (Å²) in [5, 5.41) is 2.61. The molecule has 0 radical (unpaired) electrons. The summed E-state index contributed by atoms with van der Waals surface area (Å²) in [4.78, 5) is 12.3. The molecule has 0 heterocycles. The monoisotopic (exact) mass is 319 g/mol. The van der Waals surface area contributed by atoms with E-state index in [1.165, 1.54) is 22.8 Å². The van der Waals surface area contributed by atoms with Crippen molar-refractivity contribution in [1.82, 2.24) is 0 Å². The number of carbonyl (C=O) groups is 1. The molecule has 2 aromatic carbocycles. The van der Waals surface area contributed by atoms with Crippen molar-refractivity contribution < 1.29 is 13.8 Å². The van der Waals surface area contributed by atoms with Gasteiger partial charge in [-0.1, -0.05) is 43.6 Å². The highest BCUT2D eigenvalue weighted by Gasteiger charge is 2.21. The number of nitrogens with one attached hydrogen (secondary N) is 1. The molecule has 0 aliphatic carbocycles. The highest BCUT2D eigenvalue weighted by Crippen LogP contribution is 2.26. The molecule has 0 fully saturated rings. The van der Waals surface area contributed by atoms with E-state index in [0.29, 0.717) is 11.4 Å². The summed E-state index contributed by atoms with van der Waals surface area (Å²) in [5.41, 5.74) is 2.04. The fourth-order valence-electron chi connectivity index (χ4n) is 2.10. The van der Waals surface area contributed by atoms with Crippen molar-refractivity contribution in [2.75, 3.05) is 5.32 Å². The average Bonchev–Trinajstić information content (AvgIpc) is 2.50. The number of halogens is 2. The molecule has 0 aromatic heterocycles. The minimum absolute atomic E-state index is 0.00892. The summed E-state index contributed by atoms with van der Waals surface area (Å²) in [6.45, 7) is 7.87. The van der Waals surface area contributed by atoms with E-state index >= 15 is 0 Å². The predicted octanol–water partition coefficient (Wildman–Crippen LogP) is 5.18. The summed E-state index contributed by atoms with van der Waals surface area (Å²) in [7, 11) is 0. The van der Waals surface area contributed by atoms with Gasteiger partial charge in [-0.25, -0.2) is 9.71 Å². The molecule has 0 saturated heterocycles. The van der Waals surface area contributed by atoms with Crippen molar-refractivity contribution in [2.45, 2.75) is 19.8 Å². The number of urea groups is 1. The Labute approximate surface area is 134 Å². The number of nitrogens with zero attached hydrogens (tertiary/aromatic N) is 1. The van der Waals surface area contributed by atoms with E-state index in [-0.39, 0.29) is 10.9 Å². The Balaban J connectivity index is 2.23. The van der Waals surface area contributed by atoms with Crippen molar-refractivity contribution in [1.29, 1.82) is 0 Å². The van der Waals surface area contributed by atoms with Gasteiger partial charge in [0.25, 0.3) is 0 Å². The number of anilines is 1. The molecule has 0 bridgehead atoms. The second kappa shape index (κ2) is 6.71. The molecule has 2 rings (SSSR count). The lowest BCUT2D eigenvalue weighted by atomic mass is 10.0.